The van der Waals surface area contributed by atoms with Gasteiger partial charge in [-0.2, -0.15) is 0 Å². The number of rotatable bonds is 5. The molecule has 1 N–H and O–H groups in total. The van der Waals surface area contributed by atoms with Crippen LogP contribution in [0.3, 0.4) is 0 Å². The van der Waals surface area contributed by atoms with Crippen molar-refractivity contribution in [1.82, 2.24) is 10.2 Å². The first-order valence-corrected chi connectivity index (χ1v) is 7.26. The second-order valence-electron chi connectivity index (χ2n) is 5.83. The summed E-state index contributed by atoms with van der Waals surface area (Å²) in [6.07, 6.45) is 7.05. The van der Waals surface area contributed by atoms with Crippen LogP contribution in [-0.2, 0) is 0 Å². The van der Waals surface area contributed by atoms with Crippen molar-refractivity contribution in [3.8, 4) is 0 Å². The molecule has 0 radical (unpaired) electrons. The van der Waals surface area contributed by atoms with Gasteiger partial charge in [0.15, 0.2) is 0 Å². The Kier molecular flexibility index (Phi) is 4.66. The van der Waals surface area contributed by atoms with Gasteiger partial charge in [0.2, 0.25) is 0 Å². The summed E-state index contributed by atoms with van der Waals surface area (Å²) in [5, 5.41) is 3.57. The number of hydrogen-bond acceptors (Lipinski definition) is 2. The minimum atomic E-state index is 0.913. The van der Waals surface area contributed by atoms with Crippen LogP contribution in [0.2, 0.25) is 0 Å². The molecule has 1 saturated heterocycles. The number of nitrogens with zero attached hydrogens (tertiary/aromatic N) is 1. The van der Waals surface area contributed by atoms with Crippen LogP contribution in [0, 0.1) is 11.8 Å². The van der Waals surface area contributed by atoms with E-state index in [4.69, 9.17) is 0 Å². The second kappa shape index (κ2) is 6.02. The van der Waals surface area contributed by atoms with Gasteiger partial charge in [-0.15, -0.1) is 0 Å². The van der Waals surface area contributed by atoms with Crippen molar-refractivity contribution in [1.29, 1.82) is 0 Å². The van der Waals surface area contributed by atoms with Gasteiger partial charge < -0.3 is 5.32 Å². The molecule has 2 nitrogen and oxygen atoms in total. The molecule has 1 saturated carbocycles. The van der Waals surface area contributed by atoms with Crippen molar-refractivity contribution in [2.45, 2.75) is 52.0 Å². The Morgan fingerprint density at radius 1 is 1.25 bits per heavy atom. The quantitative estimate of drug-likeness (QED) is 0.722. The van der Waals surface area contributed by atoms with Crippen LogP contribution in [0.25, 0.3) is 0 Å². The lowest BCUT2D eigenvalue weighted by Crippen LogP contribution is -2.36. The number of hydrogen-bond donors (Lipinski definition) is 1. The topological polar surface area (TPSA) is 15.3 Å². The average molecular weight is 224 g/mol. The van der Waals surface area contributed by atoms with E-state index in [1.807, 2.05) is 0 Å². The highest BCUT2D eigenvalue weighted by Gasteiger charge is 2.33. The summed E-state index contributed by atoms with van der Waals surface area (Å²) in [7, 11) is 0. The maximum atomic E-state index is 3.57. The molecule has 1 heterocycles. The summed E-state index contributed by atoms with van der Waals surface area (Å²) in [6.45, 7) is 9.83. The fourth-order valence-electron chi connectivity index (χ4n) is 3.48. The molecule has 0 aromatic rings. The number of likely N-dealkylation sites (tertiary alicyclic amines) is 1. The summed E-state index contributed by atoms with van der Waals surface area (Å²) >= 11 is 0. The van der Waals surface area contributed by atoms with Gasteiger partial charge in [-0.25, -0.2) is 0 Å². The lowest BCUT2D eigenvalue weighted by Gasteiger charge is -2.27. The van der Waals surface area contributed by atoms with Crippen LogP contribution in [0.15, 0.2) is 0 Å². The molecule has 1 aliphatic heterocycles. The third-order valence-corrected chi connectivity index (χ3v) is 4.46. The largest absolute Gasteiger partial charge is 0.316 e. The Balaban J connectivity index is 1.70. The Labute approximate surface area is 101 Å². The third-order valence-electron chi connectivity index (χ3n) is 4.46. The first-order chi connectivity index (χ1) is 7.81. The number of nitrogens with one attached hydrogen (secondary N) is 1. The molecular weight excluding hydrogens is 196 g/mol. The Morgan fingerprint density at radius 3 is 2.81 bits per heavy atom. The maximum absolute atomic E-state index is 3.57. The minimum Gasteiger partial charge on any atom is -0.316 e. The zero-order valence-electron chi connectivity index (χ0n) is 11.0. The molecule has 2 aliphatic rings. The van der Waals surface area contributed by atoms with E-state index in [-0.39, 0.29) is 0 Å². The van der Waals surface area contributed by atoms with E-state index < -0.39 is 0 Å². The van der Waals surface area contributed by atoms with Gasteiger partial charge in [0.25, 0.3) is 0 Å². The van der Waals surface area contributed by atoms with Crippen LogP contribution < -0.4 is 5.32 Å². The van der Waals surface area contributed by atoms with Gasteiger partial charge in [-0.3, -0.25) is 4.90 Å². The molecule has 2 heteroatoms. The third kappa shape index (κ3) is 2.98. The highest BCUT2D eigenvalue weighted by molar-refractivity contribution is 4.88. The first-order valence-electron chi connectivity index (χ1n) is 7.26. The Bertz CT molecular complexity index is 205. The lowest BCUT2D eigenvalue weighted by atomic mass is 10.1. The molecule has 2 rings (SSSR count). The standard InChI is InChI=1S/C14H28N2/c1-3-8-15-10-13-7-9-16(11-13)14-6-4-5-12(14)2/h12-15H,3-11H2,1-2H3. The van der Waals surface area contributed by atoms with Gasteiger partial charge in [0.05, 0.1) is 0 Å². The summed E-state index contributed by atoms with van der Waals surface area (Å²) in [4.78, 5) is 2.77. The van der Waals surface area contributed by atoms with Gasteiger partial charge >= 0.3 is 0 Å². The molecule has 0 amide bonds. The molecule has 3 unspecified atom stereocenters. The first kappa shape index (κ1) is 12.4. The second-order valence-corrected chi connectivity index (χ2v) is 5.83. The lowest BCUT2D eigenvalue weighted by molar-refractivity contribution is 0.198. The van der Waals surface area contributed by atoms with Gasteiger partial charge in [-0.1, -0.05) is 20.3 Å². The molecule has 16 heavy (non-hydrogen) atoms. The van der Waals surface area contributed by atoms with Crippen molar-refractivity contribution in [3.05, 3.63) is 0 Å². The van der Waals surface area contributed by atoms with Crippen molar-refractivity contribution < 1.29 is 0 Å². The van der Waals surface area contributed by atoms with Crippen molar-refractivity contribution >= 4 is 0 Å². The van der Waals surface area contributed by atoms with Gasteiger partial charge in [0, 0.05) is 12.6 Å². The smallest absolute Gasteiger partial charge is 0.0121 e. The van der Waals surface area contributed by atoms with Crippen molar-refractivity contribution in [2.24, 2.45) is 11.8 Å². The summed E-state index contributed by atoms with van der Waals surface area (Å²) < 4.78 is 0. The van der Waals surface area contributed by atoms with Crippen LogP contribution in [0.4, 0.5) is 0 Å². The molecular formula is C14H28N2. The Morgan fingerprint density at radius 2 is 2.12 bits per heavy atom. The van der Waals surface area contributed by atoms with Crippen LogP contribution >= 0.6 is 0 Å². The summed E-state index contributed by atoms with van der Waals surface area (Å²) in [5.74, 6) is 1.86. The predicted molar refractivity (Wildman–Crippen MR) is 69.6 cm³/mol. The van der Waals surface area contributed by atoms with Gasteiger partial charge in [0.1, 0.15) is 0 Å². The monoisotopic (exact) mass is 224 g/mol. The van der Waals surface area contributed by atoms with E-state index in [2.05, 4.69) is 24.1 Å². The molecule has 94 valence electrons. The van der Waals surface area contributed by atoms with E-state index in [0.29, 0.717) is 0 Å². The zero-order chi connectivity index (χ0) is 11.4. The molecule has 2 fully saturated rings. The van der Waals surface area contributed by atoms with Crippen LogP contribution in [0.5, 0.6) is 0 Å². The fraction of sp³-hybridized carbons (Fsp3) is 1.00. The molecule has 0 bridgehead atoms. The highest BCUT2D eigenvalue weighted by atomic mass is 15.2. The van der Waals surface area contributed by atoms with Crippen molar-refractivity contribution in [3.63, 3.8) is 0 Å². The summed E-state index contributed by atoms with van der Waals surface area (Å²) in [5.41, 5.74) is 0. The normalized spacial score (nSPS) is 36.0. The van der Waals surface area contributed by atoms with Crippen LogP contribution in [0.1, 0.15) is 46.0 Å². The van der Waals surface area contributed by atoms with Crippen molar-refractivity contribution in [2.75, 3.05) is 26.2 Å². The Hall–Kier alpha value is -0.0800. The van der Waals surface area contributed by atoms with Crippen LogP contribution in [-0.4, -0.2) is 37.1 Å². The molecule has 0 spiro atoms. The highest BCUT2D eigenvalue weighted by Crippen LogP contribution is 2.32. The minimum absolute atomic E-state index is 0.913. The molecule has 0 aromatic carbocycles. The van der Waals surface area contributed by atoms with Gasteiger partial charge in [-0.05, 0) is 57.2 Å². The fourth-order valence-corrected chi connectivity index (χ4v) is 3.48. The zero-order valence-corrected chi connectivity index (χ0v) is 11.0. The van der Waals surface area contributed by atoms with E-state index in [1.54, 1.807) is 0 Å². The molecule has 0 aromatic heterocycles. The van der Waals surface area contributed by atoms with E-state index in [9.17, 15) is 0 Å². The summed E-state index contributed by atoms with van der Waals surface area (Å²) in [6, 6.07) is 0.913. The molecule has 1 aliphatic carbocycles. The van der Waals surface area contributed by atoms with E-state index in [1.165, 1.54) is 58.3 Å². The maximum Gasteiger partial charge on any atom is 0.0121 e. The average Bonchev–Trinajstić information content (AvgIpc) is 2.87. The SMILES string of the molecule is CCCNCC1CCN(C2CCCC2C)C1. The van der Waals surface area contributed by atoms with E-state index >= 15 is 0 Å². The van der Waals surface area contributed by atoms with E-state index in [0.717, 1.165) is 17.9 Å². The predicted octanol–water partition coefficient (Wildman–Crippen LogP) is 2.50. The molecule has 3 atom stereocenters.